The zero-order valence-electron chi connectivity index (χ0n) is 11.2. The van der Waals surface area contributed by atoms with Gasteiger partial charge < -0.3 is 4.42 Å². The maximum absolute atomic E-state index is 13.2. The third-order valence-corrected chi connectivity index (χ3v) is 3.21. The number of nitrogens with zero attached hydrogens (tertiary/aromatic N) is 1. The van der Waals surface area contributed by atoms with Gasteiger partial charge in [-0.2, -0.15) is 13.2 Å². The molecule has 0 bridgehead atoms. The first-order valence-electron chi connectivity index (χ1n) is 6.30. The molecular formula is C15H7F4NO3. The van der Waals surface area contributed by atoms with Crippen molar-refractivity contribution in [1.82, 2.24) is 4.57 Å². The third-order valence-electron chi connectivity index (χ3n) is 3.21. The van der Waals surface area contributed by atoms with Gasteiger partial charge >= 0.3 is 11.9 Å². The third kappa shape index (κ3) is 2.63. The number of benzene rings is 2. The Morgan fingerprint density at radius 3 is 2.22 bits per heavy atom. The van der Waals surface area contributed by atoms with Crippen LogP contribution in [0.1, 0.15) is 5.56 Å². The summed E-state index contributed by atoms with van der Waals surface area (Å²) in [5.41, 5.74) is -2.02. The fourth-order valence-electron chi connectivity index (χ4n) is 2.12. The molecule has 0 aliphatic rings. The van der Waals surface area contributed by atoms with E-state index in [0.717, 1.165) is 42.5 Å². The van der Waals surface area contributed by atoms with Gasteiger partial charge in [0.05, 0.1) is 16.6 Å². The molecule has 0 amide bonds. The minimum atomic E-state index is -4.54. The van der Waals surface area contributed by atoms with E-state index in [1.165, 1.54) is 0 Å². The Morgan fingerprint density at radius 1 is 0.957 bits per heavy atom. The Hall–Kier alpha value is -2.90. The van der Waals surface area contributed by atoms with Crippen LogP contribution in [0.25, 0.3) is 16.7 Å². The molecule has 0 saturated heterocycles. The Bertz CT molecular complexity index is 1000. The van der Waals surface area contributed by atoms with Crippen LogP contribution in [0.15, 0.2) is 56.5 Å². The predicted molar refractivity (Wildman–Crippen MR) is 73.0 cm³/mol. The number of halogens is 4. The summed E-state index contributed by atoms with van der Waals surface area (Å²) in [5.74, 6) is -1.78. The van der Waals surface area contributed by atoms with Gasteiger partial charge in [-0.05, 0) is 42.5 Å². The molecule has 23 heavy (non-hydrogen) atoms. The quantitative estimate of drug-likeness (QED) is 0.646. The number of aromatic nitrogens is 1. The summed E-state index contributed by atoms with van der Waals surface area (Å²) in [4.78, 5) is 24.2. The molecule has 0 fully saturated rings. The minimum Gasteiger partial charge on any atom is -0.409 e. The lowest BCUT2D eigenvalue weighted by molar-refractivity contribution is -0.137. The minimum absolute atomic E-state index is 0.107. The van der Waals surface area contributed by atoms with Crippen LogP contribution in [0.5, 0.6) is 0 Å². The highest BCUT2D eigenvalue weighted by Crippen LogP contribution is 2.29. The Labute approximate surface area is 125 Å². The standard InChI is InChI=1S/C15H7F4NO3/c16-9-3-6-12-11(7-9)13(21)20(14(22)23-12)10-4-1-8(2-5-10)15(17,18)19/h1-7H. The number of alkyl halides is 3. The van der Waals surface area contributed by atoms with Gasteiger partial charge in [0.15, 0.2) is 0 Å². The molecule has 0 atom stereocenters. The Kier molecular flexibility index (Phi) is 3.32. The normalized spacial score (nSPS) is 11.8. The molecule has 1 heterocycles. The monoisotopic (exact) mass is 325 g/mol. The number of fused-ring (bicyclic) bond motifs is 1. The SMILES string of the molecule is O=c1oc2ccc(F)cc2c(=O)n1-c1ccc(C(F)(F)F)cc1. The average molecular weight is 325 g/mol. The van der Waals surface area contributed by atoms with E-state index < -0.39 is 28.9 Å². The second-order valence-corrected chi connectivity index (χ2v) is 4.69. The van der Waals surface area contributed by atoms with Crippen molar-refractivity contribution < 1.29 is 22.0 Å². The Morgan fingerprint density at radius 2 is 1.61 bits per heavy atom. The molecule has 4 nitrogen and oxygen atoms in total. The van der Waals surface area contributed by atoms with Crippen molar-refractivity contribution >= 4 is 11.0 Å². The maximum Gasteiger partial charge on any atom is 0.426 e. The van der Waals surface area contributed by atoms with E-state index in [4.69, 9.17) is 4.42 Å². The van der Waals surface area contributed by atoms with Crippen LogP contribution in [-0.2, 0) is 6.18 Å². The van der Waals surface area contributed by atoms with E-state index in [9.17, 15) is 27.2 Å². The average Bonchev–Trinajstić information content (AvgIpc) is 2.48. The van der Waals surface area contributed by atoms with Gasteiger partial charge in [-0.1, -0.05) is 0 Å². The molecule has 1 aromatic heterocycles. The van der Waals surface area contributed by atoms with Gasteiger partial charge in [-0.3, -0.25) is 4.79 Å². The molecule has 0 aliphatic heterocycles. The van der Waals surface area contributed by atoms with Crippen LogP contribution in [0.2, 0.25) is 0 Å². The molecule has 8 heteroatoms. The molecule has 118 valence electrons. The van der Waals surface area contributed by atoms with Crippen molar-refractivity contribution in [3.05, 3.63) is 74.7 Å². The summed E-state index contributed by atoms with van der Waals surface area (Å²) >= 11 is 0. The van der Waals surface area contributed by atoms with Crippen molar-refractivity contribution in [2.45, 2.75) is 6.18 Å². The molecular weight excluding hydrogens is 318 g/mol. The molecule has 0 unspecified atom stereocenters. The van der Waals surface area contributed by atoms with Crippen molar-refractivity contribution in [2.75, 3.05) is 0 Å². The first-order valence-corrected chi connectivity index (χ1v) is 6.30. The van der Waals surface area contributed by atoms with Crippen molar-refractivity contribution in [1.29, 1.82) is 0 Å². The first kappa shape index (κ1) is 15.0. The van der Waals surface area contributed by atoms with E-state index in [2.05, 4.69) is 0 Å². The topological polar surface area (TPSA) is 52.2 Å². The number of hydrogen-bond donors (Lipinski definition) is 0. The van der Waals surface area contributed by atoms with Gasteiger partial charge in [0.1, 0.15) is 11.4 Å². The predicted octanol–water partition coefficient (Wildman–Crippen LogP) is 3.10. The molecule has 0 saturated carbocycles. The summed E-state index contributed by atoms with van der Waals surface area (Å²) in [5, 5.41) is -0.190. The van der Waals surface area contributed by atoms with Gasteiger partial charge in [-0.15, -0.1) is 0 Å². The van der Waals surface area contributed by atoms with E-state index in [-0.39, 0.29) is 16.7 Å². The summed E-state index contributed by atoms with van der Waals surface area (Å²) in [6.45, 7) is 0. The summed E-state index contributed by atoms with van der Waals surface area (Å²) in [6.07, 6.45) is -4.54. The van der Waals surface area contributed by atoms with Crippen LogP contribution >= 0.6 is 0 Å². The van der Waals surface area contributed by atoms with E-state index in [1.807, 2.05) is 0 Å². The molecule has 2 aromatic carbocycles. The summed E-state index contributed by atoms with van der Waals surface area (Å²) < 4.78 is 56.3. The summed E-state index contributed by atoms with van der Waals surface area (Å²) in [6, 6.07) is 6.44. The molecule has 0 spiro atoms. The highest BCUT2D eigenvalue weighted by Gasteiger charge is 2.30. The van der Waals surface area contributed by atoms with Crippen LogP contribution in [0.4, 0.5) is 17.6 Å². The van der Waals surface area contributed by atoms with Gasteiger partial charge in [0.2, 0.25) is 0 Å². The summed E-state index contributed by atoms with van der Waals surface area (Å²) in [7, 11) is 0. The Balaban J connectivity index is 2.24. The van der Waals surface area contributed by atoms with Crippen LogP contribution < -0.4 is 11.3 Å². The zero-order chi connectivity index (χ0) is 16.8. The maximum atomic E-state index is 13.2. The fraction of sp³-hybridized carbons (Fsp3) is 0.0667. The smallest absolute Gasteiger partial charge is 0.409 e. The van der Waals surface area contributed by atoms with Gasteiger partial charge in [0.25, 0.3) is 5.56 Å². The van der Waals surface area contributed by atoms with E-state index >= 15 is 0 Å². The first-order chi connectivity index (χ1) is 10.8. The van der Waals surface area contributed by atoms with Crippen molar-refractivity contribution in [2.24, 2.45) is 0 Å². The van der Waals surface area contributed by atoms with E-state index in [1.54, 1.807) is 0 Å². The van der Waals surface area contributed by atoms with Crippen molar-refractivity contribution in [3.8, 4) is 5.69 Å². The molecule has 3 aromatic rings. The fourth-order valence-corrected chi connectivity index (χ4v) is 2.12. The second-order valence-electron chi connectivity index (χ2n) is 4.69. The van der Waals surface area contributed by atoms with Crippen molar-refractivity contribution in [3.63, 3.8) is 0 Å². The highest BCUT2D eigenvalue weighted by atomic mass is 19.4. The zero-order valence-corrected chi connectivity index (χ0v) is 11.2. The molecule has 0 radical (unpaired) electrons. The number of hydrogen-bond acceptors (Lipinski definition) is 3. The lowest BCUT2D eigenvalue weighted by atomic mass is 10.2. The van der Waals surface area contributed by atoms with E-state index in [0.29, 0.717) is 4.57 Å². The largest absolute Gasteiger partial charge is 0.426 e. The van der Waals surface area contributed by atoms with Gasteiger partial charge in [0, 0.05) is 0 Å². The van der Waals surface area contributed by atoms with Crippen LogP contribution in [0.3, 0.4) is 0 Å². The van der Waals surface area contributed by atoms with Gasteiger partial charge in [-0.25, -0.2) is 13.8 Å². The molecule has 3 rings (SSSR count). The molecule has 0 aliphatic carbocycles. The lowest BCUT2D eigenvalue weighted by Gasteiger charge is -2.08. The molecule has 0 N–H and O–H groups in total. The second kappa shape index (κ2) is 5.08. The lowest BCUT2D eigenvalue weighted by Crippen LogP contribution is -2.31. The highest BCUT2D eigenvalue weighted by molar-refractivity contribution is 5.75. The number of rotatable bonds is 1. The van der Waals surface area contributed by atoms with Crippen LogP contribution in [0, 0.1) is 5.82 Å². The van der Waals surface area contributed by atoms with Crippen LogP contribution in [-0.4, -0.2) is 4.57 Å².